The summed E-state index contributed by atoms with van der Waals surface area (Å²) in [6.45, 7) is 3.00. The highest BCUT2D eigenvalue weighted by Crippen LogP contribution is 2.29. The monoisotopic (exact) mass is 382 g/mol. The van der Waals surface area contributed by atoms with E-state index in [1.807, 2.05) is 48.5 Å². The van der Waals surface area contributed by atoms with E-state index < -0.39 is 0 Å². The molecule has 1 heterocycles. The lowest BCUT2D eigenvalue weighted by Gasteiger charge is -2.35. The van der Waals surface area contributed by atoms with Gasteiger partial charge in [0.25, 0.3) is 0 Å². The van der Waals surface area contributed by atoms with Gasteiger partial charge in [0, 0.05) is 32.2 Å². The molecule has 0 saturated carbocycles. The Balaban J connectivity index is 1.38. The molecule has 5 heteroatoms. The van der Waals surface area contributed by atoms with Crippen molar-refractivity contribution >= 4 is 11.6 Å². The normalized spacial score (nSPS) is 16.6. The zero-order chi connectivity index (χ0) is 19.6. The number of nitrogens with zero attached hydrogens (tertiary/aromatic N) is 1. The third-order valence-electron chi connectivity index (χ3n) is 5.02. The van der Waals surface area contributed by atoms with E-state index in [-0.39, 0.29) is 11.9 Å². The summed E-state index contributed by atoms with van der Waals surface area (Å²) < 4.78 is 11.1. The Labute approximate surface area is 167 Å². The van der Waals surface area contributed by atoms with Gasteiger partial charge in [-0.25, -0.2) is 0 Å². The molecule has 0 aliphatic carbocycles. The molecule has 0 radical (unpaired) electrons. The molecule has 1 atom stereocenters. The van der Waals surface area contributed by atoms with Crippen LogP contribution in [0, 0.1) is 0 Å². The summed E-state index contributed by atoms with van der Waals surface area (Å²) in [5.74, 6) is 0.986. The molecule has 1 amide bonds. The standard InChI is InChI=1S/C23H30N2O3/c1-27-22-13-6-5-12-21(22)25-15-7-11-20(17-25)24-23(26)14-8-16-28-18-19-9-3-2-4-10-19/h2-6,9-10,12-13,20H,7-8,11,14-18H2,1H3,(H,24,26). The molecule has 1 N–H and O–H groups in total. The fourth-order valence-electron chi connectivity index (χ4n) is 3.60. The van der Waals surface area contributed by atoms with E-state index in [0.717, 1.165) is 49.4 Å². The zero-order valence-electron chi connectivity index (χ0n) is 16.6. The van der Waals surface area contributed by atoms with Crippen LogP contribution in [0.5, 0.6) is 5.75 Å². The van der Waals surface area contributed by atoms with Gasteiger partial charge in [0.1, 0.15) is 5.75 Å². The van der Waals surface area contributed by atoms with E-state index in [4.69, 9.17) is 9.47 Å². The molecule has 0 bridgehead atoms. The van der Waals surface area contributed by atoms with Gasteiger partial charge in [-0.1, -0.05) is 42.5 Å². The molecule has 5 nitrogen and oxygen atoms in total. The van der Waals surface area contributed by atoms with Crippen LogP contribution in [0.15, 0.2) is 54.6 Å². The van der Waals surface area contributed by atoms with Crippen LogP contribution >= 0.6 is 0 Å². The van der Waals surface area contributed by atoms with Crippen molar-refractivity contribution in [2.45, 2.75) is 38.3 Å². The maximum absolute atomic E-state index is 12.3. The van der Waals surface area contributed by atoms with Crippen molar-refractivity contribution in [2.75, 3.05) is 31.7 Å². The van der Waals surface area contributed by atoms with Gasteiger partial charge in [0.05, 0.1) is 19.4 Å². The molecule has 1 fully saturated rings. The molecule has 3 rings (SSSR count). The highest BCUT2D eigenvalue weighted by Gasteiger charge is 2.23. The lowest BCUT2D eigenvalue weighted by molar-refractivity contribution is -0.122. The molecule has 150 valence electrons. The minimum Gasteiger partial charge on any atom is -0.495 e. The van der Waals surface area contributed by atoms with Crippen LogP contribution in [0.3, 0.4) is 0 Å². The van der Waals surface area contributed by atoms with Gasteiger partial charge < -0.3 is 19.7 Å². The molecular weight excluding hydrogens is 352 g/mol. The Morgan fingerprint density at radius 1 is 1.14 bits per heavy atom. The van der Waals surface area contributed by atoms with E-state index in [1.54, 1.807) is 7.11 Å². The molecule has 2 aromatic carbocycles. The maximum Gasteiger partial charge on any atom is 0.220 e. The molecule has 2 aromatic rings. The Hall–Kier alpha value is -2.53. The topological polar surface area (TPSA) is 50.8 Å². The van der Waals surface area contributed by atoms with Crippen LogP contribution in [0.2, 0.25) is 0 Å². The smallest absolute Gasteiger partial charge is 0.220 e. The molecule has 0 spiro atoms. The summed E-state index contributed by atoms with van der Waals surface area (Å²) in [7, 11) is 1.70. The number of rotatable bonds is 9. The Morgan fingerprint density at radius 3 is 2.75 bits per heavy atom. The van der Waals surface area contributed by atoms with Crippen LogP contribution in [0.25, 0.3) is 0 Å². The number of carbonyl (C=O) groups is 1. The summed E-state index contributed by atoms with van der Waals surface area (Å²) >= 11 is 0. The summed E-state index contributed by atoms with van der Waals surface area (Å²) in [5.41, 5.74) is 2.25. The van der Waals surface area contributed by atoms with Crippen LogP contribution in [0.1, 0.15) is 31.2 Å². The highest BCUT2D eigenvalue weighted by atomic mass is 16.5. The number of hydrogen-bond acceptors (Lipinski definition) is 4. The lowest BCUT2D eigenvalue weighted by Crippen LogP contribution is -2.47. The lowest BCUT2D eigenvalue weighted by atomic mass is 10.0. The van der Waals surface area contributed by atoms with Crippen molar-refractivity contribution in [1.29, 1.82) is 0 Å². The van der Waals surface area contributed by atoms with Crippen LogP contribution in [0.4, 0.5) is 5.69 Å². The number of ether oxygens (including phenoxy) is 2. The van der Waals surface area contributed by atoms with E-state index in [9.17, 15) is 4.79 Å². The minimum atomic E-state index is 0.107. The predicted octanol–water partition coefficient (Wildman–Crippen LogP) is 3.78. The largest absolute Gasteiger partial charge is 0.495 e. The summed E-state index contributed by atoms with van der Waals surface area (Å²) in [6, 6.07) is 18.3. The third kappa shape index (κ3) is 5.99. The van der Waals surface area contributed by atoms with E-state index in [1.165, 1.54) is 0 Å². The third-order valence-corrected chi connectivity index (χ3v) is 5.02. The molecule has 1 saturated heterocycles. The van der Waals surface area contributed by atoms with Gasteiger partial charge in [-0.2, -0.15) is 0 Å². The number of nitrogens with one attached hydrogen (secondary N) is 1. The number of benzene rings is 2. The second kappa shape index (κ2) is 10.7. The Morgan fingerprint density at radius 2 is 1.93 bits per heavy atom. The quantitative estimate of drug-likeness (QED) is 0.671. The van der Waals surface area contributed by atoms with E-state index in [2.05, 4.69) is 16.3 Å². The van der Waals surface area contributed by atoms with E-state index >= 15 is 0 Å². The van der Waals surface area contributed by atoms with Crippen molar-refractivity contribution in [3.05, 3.63) is 60.2 Å². The number of hydrogen-bond donors (Lipinski definition) is 1. The van der Waals surface area contributed by atoms with Crippen molar-refractivity contribution in [3.63, 3.8) is 0 Å². The minimum absolute atomic E-state index is 0.107. The molecule has 0 aromatic heterocycles. The van der Waals surface area contributed by atoms with Gasteiger partial charge >= 0.3 is 0 Å². The van der Waals surface area contributed by atoms with Crippen LogP contribution in [-0.2, 0) is 16.1 Å². The first-order valence-corrected chi connectivity index (χ1v) is 10.1. The first-order chi connectivity index (χ1) is 13.8. The molecule has 1 unspecified atom stereocenters. The van der Waals surface area contributed by atoms with Crippen molar-refractivity contribution in [1.82, 2.24) is 5.32 Å². The second-order valence-corrected chi connectivity index (χ2v) is 7.17. The van der Waals surface area contributed by atoms with E-state index in [0.29, 0.717) is 19.6 Å². The first-order valence-electron chi connectivity index (χ1n) is 10.1. The molecular formula is C23H30N2O3. The number of carbonyl (C=O) groups excluding carboxylic acids is 1. The van der Waals surface area contributed by atoms with Crippen LogP contribution in [-0.4, -0.2) is 38.8 Å². The van der Waals surface area contributed by atoms with Gasteiger partial charge in [0.2, 0.25) is 5.91 Å². The number of methoxy groups -OCH3 is 1. The average molecular weight is 383 g/mol. The Kier molecular flexibility index (Phi) is 7.73. The second-order valence-electron chi connectivity index (χ2n) is 7.17. The fraction of sp³-hybridized carbons (Fsp3) is 0.435. The summed E-state index contributed by atoms with van der Waals surface area (Å²) in [5, 5.41) is 3.19. The molecule has 28 heavy (non-hydrogen) atoms. The number of para-hydroxylation sites is 2. The van der Waals surface area contributed by atoms with Crippen molar-refractivity contribution in [2.24, 2.45) is 0 Å². The average Bonchev–Trinajstić information content (AvgIpc) is 2.74. The highest BCUT2D eigenvalue weighted by molar-refractivity contribution is 5.76. The van der Waals surface area contributed by atoms with Gasteiger partial charge in [-0.05, 0) is 37.0 Å². The van der Waals surface area contributed by atoms with Gasteiger partial charge in [0.15, 0.2) is 0 Å². The van der Waals surface area contributed by atoms with Crippen LogP contribution < -0.4 is 15.0 Å². The van der Waals surface area contributed by atoms with Gasteiger partial charge in [-0.15, -0.1) is 0 Å². The van der Waals surface area contributed by atoms with Crippen molar-refractivity contribution < 1.29 is 14.3 Å². The van der Waals surface area contributed by atoms with Crippen molar-refractivity contribution in [3.8, 4) is 5.75 Å². The SMILES string of the molecule is COc1ccccc1N1CCCC(NC(=O)CCCOCc2ccccc2)C1. The molecule has 1 aliphatic heterocycles. The maximum atomic E-state index is 12.3. The number of piperidine rings is 1. The predicted molar refractivity (Wildman–Crippen MR) is 112 cm³/mol. The number of anilines is 1. The first kappa shape index (κ1) is 20.2. The molecule has 1 aliphatic rings. The summed E-state index contributed by atoms with van der Waals surface area (Å²) in [4.78, 5) is 14.6. The number of amides is 1. The Bertz CT molecular complexity index is 736. The summed E-state index contributed by atoms with van der Waals surface area (Å²) in [6.07, 6.45) is 3.31. The fourth-order valence-corrected chi connectivity index (χ4v) is 3.60. The van der Waals surface area contributed by atoms with Gasteiger partial charge in [-0.3, -0.25) is 4.79 Å². The zero-order valence-corrected chi connectivity index (χ0v) is 16.6.